The lowest BCUT2D eigenvalue weighted by Gasteiger charge is -2.46. The predicted molar refractivity (Wildman–Crippen MR) is 142 cm³/mol. The van der Waals surface area contributed by atoms with Crippen molar-refractivity contribution in [2.24, 2.45) is 0 Å². The summed E-state index contributed by atoms with van der Waals surface area (Å²) in [7, 11) is -4.44. The largest absolute Gasteiger partial charge is 0.417 e. The molecule has 1 N–H and O–H groups in total. The first-order chi connectivity index (χ1) is 18.8. The number of nitrogens with one attached hydrogen (secondary N) is 1. The van der Waals surface area contributed by atoms with Crippen LogP contribution in [-0.4, -0.2) is 40.6 Å². The Kier molecular flexibility index (Phi) is 7.30. The number of piperazine rings is 1. The van der Waals surface area contributed by atoms with E-state index in [-0.39, 0.29) is 28.9 Å². The Morgan fingerprint density at radius 1 is 0.900 bits per heavy atom. The lowest BCUT2D eigenvalue weighted by molar-refractivity contribution is -0.138. The van der Waals surface area contributed by atoms with Gasteiger partial charge in [0.15, 0.2) is 0 Å². The molecule has 40 heavy (non-hydrogen) atoms. The van der Waals surface area contributed by atoms with Crippen LogP contribution in [0.25, 0.3) is 12.2 Å². The third kappa shape index (κ3) is 5.39. The SMILES string of the molecule is O=S(=O)(c1cccc(C(F)(F)F)c1)N1C[C@H]2CNCCN2c2ccc(/C=C/c3c(Cl)cccc3C(F)(F)F)cc21. The van der Waals surface area contributed by atoms with Crippen LogP contribution < -0.4 is 14.5 Å². The monoisotopic (exact) mass is 601 g/mol. The van der Waals surface area contributed by atoms with E-state index < -0.39 is 38.4 Å². The Bertz CT molecular complexity index is 1570. The average Bonchev–Trinajstić information content (AvgIpc) is 2.90. The molecule has 2 aliphatic heterocycles. The molecule has 0 saturated carbocycles. The summed E-state index contributed by atoms with van der Waals surface area (Å²) in [5.74, 6) is 0. The number of nitrogens with zero attached hydrogens (tertiary/aromatic N) is 2. The Morgan fingerprint density at radius 3 is 2.38 bits per heavy atom. The molecule has 1 fully saturated rings. The van der Waals surface area contributed by atoms with Gasteiger partial charge in [0.25, 0.3) is 10.0 Å². The molecule has 1 saturated heterocycles. The summed E-state index contributed by atoms with van der Waals surface area (Å²) in [6.45, 7) is 1.64. The number of rotatable bonds is 4. The van der Waals surface area contributed by atoms with Crippen molar-refractivity contribution in [3.63, 3.8) is 0 Å². The quantitative estimate of drug-likeness (QED) is 0.273. The standard InChI is InChI=1S/C27H22ClF6N3O2S/c28-23-6-2-5-22(27(32,33)34)21(23)9-7-17-8-10-24-25(13-17)37(16-19-15-35-11-12-36(19)24)40(38,39)20-4-1-3-18(14-20)26(29,30)31/h1-10,13-14,19,35H,11-12,15-16H2/b9-7+/t19-/m1/s1. The number of alkyl halides is 6. The van der Waals surface area contributed by atoms with Crippen molar-refractivity contribution in [3.05, 3.63) is 87.9 Å². The van der Waals surface area contributed by atoms with Crippen LogP contribution in [0.4, 0.5) is 37.7 Å². The zero-order chi connectivity index (χ0) is 28.9. The van der Waals surface area contributed by atoms with Crippen LogP contribution in [-0.2, 0) is 22.4 Å². The lowest BCUT2D eigenvalue weighted by atomic mass is 10.0. The molecule has 0 aromatic heterocycles. The molecule has 1 atom stereocenters. The molecule has 2 aliphatic rings. The Balaban J connectivity index is 1.59. The van der Waals surface area contributed by atoms with Crippen molar-refractivity contribution < 1.29 is 34.8 Å². The molecular weight excluding hydrogens is 580 g/mol. The van der Waals surface area contributed by atoms with Gasteiger partial charge in [-0.1, -0.05) is 42.0 Å². The van der Waals surface area contributed by atoms with Gasteiger partial charge in [-0.3, -0.25) is 4.31 Å². The summed E-state index contributed by atoms with van der Waals surface area (Å²) < 4.78 is 109. The second-order valence-corrected chi connectivity index (χ2v) is 11.7. The molecule has 0 amide bonds. The molecule has 3 aromatic carbocycles. The van der Waals surface area contributed by atoms with Gasteiger partial charge in [-0.05, 0) is 48.0 Å². The zero-order valence-electron chi connectivity index (χ0n) is 20.6. The van der Waals surface area contributed by atoms with E-state index in [1.54, 1.807) is 12.1 Å². The van der Waals surface area contributed by atoms with E-state index in [0.717, 1.165) is 28.6 Å². The smallest absolute Gasteiger partial charge is 0.362 e. The molecule has 3 aromatic rings. The fourth-order valence-corrected chi connectivity index (χ4v) is 6.73. The van der Waals surface area contributed by atoms with Crippen molar-refractivity contribution in [2.75, 3.05) is 35.4 Å². The molecule has 13 heteroatoms. The minimum absolute atomic E-state index is 0.0333. The summed E-state index contributed by atoms with van der Waals surface area (Å²) in [5.41, 5.74) is -1.11. The highest BCUT2D eigenvalue weighted by Crippen LogP contribution is 2.41. The maximum atomic E-state index is 13.8. The third-order valence-electron chi connectivity index (χ3n) is 6.85. The van der Waals surface area contributed by atoms with Crippen LogP contribution in [0.5, 0.6) is 0 Å². The number of fused-ring (bicyclic) bond motifs is 3. The van der Waals surface area contributed by atoms with Crippen molar-refractivity contribution in [1.29, 1.82) is 0 Å². The van der Waals surface area contributed by atoms with Crippen molar-refractivity contribution >= 4 is 45.2 Å². The highest BCUT2D eigenvalue weighted by atomic mass is 35.5. The molecular formula is C27H22ClF6N3O2S. The van der Waals surface area contributed by atoms with Gasteiger partial charge in [-0.2, -0.15) is 26.3 Å². The maximum absolute atomic E-state index is 13.8. The fraction of sp³-hybridized carbons (Fsp3) is 0.259. The molecule has 2 heterocycles. The number of halogens is 7. The van der Waals surface area contributed by atoms with Gasteiger partial charge < -0.3 is 10.2 Å². The van der Waals surface area contributed by atoms with Crippen LogP contribution in [0, 0.1) is 0 Å². The Hall–Kier alpha value is -3.22. The first kappa shape index (κ1) is 28.3. The number of hydrogen-bond donors (Lipinski definition) is 1. The zero-order valence-corrected chi connectivity index (χ0v) is 22.2. The highest BCUT2D eigenvalue weighted by molar-refractivity contribution is 7.92. The highest BCUT2D eigenvalue weighted by Gasteiger charge is 2.39. The normalized spacial score (nSPS) is 18.1. The van der Waals surface area contributed by atoms with Crippen LogP contribution in [0.2, 0.25) is 5.02 Å². The van der Waals surface area contributed by atoms with Crippen LogP contribution in [0.1, 0.15) is 22.3 Å². The van der Waals surface area contributed by atoms with E-state index in [0.29, 0.717) is 37.0 Å². The minimum Gasteiger partial charge on any atom is -0.362 e. The predicted octanol–water partition coefficient (Wildman–Crippen LogP) is 6.54. The molecule has 0 spiro atoms. The average molecular weight is 602 g/mol. The number of hydrogen-bond acceptors (Lipinski definition) is 4. The second-order valence-electron chi connectivity index (χ2n) is 9.39. The van der Waals surface area contributed by atoms with E-state index >= 15 is 0 Å². The number of benzene rings is 3. The van der Waals surface area contributed by atoms with Gasteiger partial charge in [-0.25, -0.2) is 8.42 Å². The summed E-state index contributed by atoms with van der Waals surface area (Å²) in [4.78, 5) is 1.50. The topological polar surface area (TPSA) is 52.7 Å². The van der Waals surface area contributed by atoms with Crippen LogP contribution >= 0.6 is 11.6 Å². The Morgan fingerprint density at radius 2 is 1.65 bits per heavy atom. The summed E-state index contributed by atoms with van der Waals surface area (Å²) in [6.07, 6.45) is -6.79. The van der Waals surface area contributed by atoms with E-state index in [1.807, 2.05) is 4.90 Å². The van der Waals surface area contributed by atoms with Gasteiger partial charge in [0.05, 0.1) is 40.0 Å². The molecule has 0 aliphatic carbocycles. The number of sulfonamides is 1. The lowest BCUT2D eigenvalue weighted by Crippen LogP contribution is -2.59. The molecule has 0 radical (unpaired) electrons. The molecule has 0 unspecified atom stereocenters. The van der Waals surface area contributed by atoms with E-state index in [4.69, 9.17) is 11.6 Å². The first-order valence-electron chi connectivity index (χ1n) is 12.1. The minimum atomic E-state index is -4.73. The van der Waals surface area contributed by atoms with Gasteiger partial charge >= 0.3 is 12.4 Å². The summed E-state index contributed by atoms with van der Waals surface area (Å²) in [5, 5.41) is 3.09. The van der Waals surface area contributed by atoms with Gasteiger partial charge in [0, 0.05) is 30.2 Å². The van der Waals surface area contributed by atoms with Gasteiger partial charge in [0.2, 0.25) is 0 Å². The summed E-state index contributed by atoms with van der Waals surface area (Å²) >= 11 is 6.06. The molecule has 5 nitrogen and oxygen atoms in total. The fourth-order valence-electron chi connectivity index (χ4n) is 4.94. The van der Waals surface area contributed by atoms with Crippen molar-refractivity contribution in [3.8, 4) is 0 Å². The van der Waals surface area contributed by atoms with Gasteiger partial charge in [0.1, 0.15) is 0 Å². The molecule has 0 bridgehead atoms. The van der Waals surface area contributed by atoms with E-state index in [1.165, 1.54) is 30.4 Å². The number of anilines is 2. The van der Waals surface area contributed by atoms with Gasteiger partial charge in [-0.15, -0.1) is 0 Å². The molecule has 212 valence electrons. The van der Waals surface area contributed by atoms with Crippen LogP contribution in [0.15, 0.2) is 65.6 Å². The van der Waals surface area contributed by atoms with E-state index in [9.17, 15) is 34.8 Å². The van der Waals surface area contributed by atoms with Crippen molar-refractivity contribution in [1.82, 2.24) is 5.32 Å². The second kappa shape index (κ2) is 10.3. The third-order valence-corrected chi connectivity index (χ3v) is 8.96. The molecule has 5 rings (SSSR count). The maximum Gasteiger partial charge on any atom is 0.417 e. The van der Waals surface area contributed by atoms with Crippen LogP contribution in [0.3, 0.4) is 0 Å². The Labute approximate surface area is 231 Å². The van der Waals surface area contributed by atoms with E-state index in [2.05, 4.69) is 5.32 Å². The summed E-state index contributed by atoms with van der Waals surface area (Å²) in [6, 6.07) is 11.5. The first-order valence-corrected chi connectivity index (χ1v) is 13.9. The van der Waals surface area contributed by atoms with Crippen molar-refractivity contribution in [2.45, 2.75) is 23.3 Å².